The number of methoxy groups -OCH3 is 1. The fourth-order valence-electron chi connectivity index (χ4n) is 0.991. The topological polar surface area (TPSA) is 55.8 Å². The van der Waals surface area contributed by atoms with E-state index in [0.29, 0.717) is 13.0 Å². The van der Waals surface area contributed by atoms with Gasteiger partial charge >= 0.3 is 5.97 Å². The second-order valence-corrected chi connectivity index (χ2v) is 2.81. The minimum absolute atomic E-state index is 0.219. The maximum Gasteiger partial charge on any atom is 0.341 e. The quantitative estimate of drug-likeness (QED) is 0.407. The predicted octanol–water partition coefficient (Wildman–Crippen LogP) is 2.16. The Labute approximate surface area is 84.5 Å². The first kappa shape index (κ1) is 12.8. The molecule has 0 saturated carbocycles. The SMILES string of the molecule is CCCCC(C(=O)OCC)=C(O)OC. The molecule has 4 heteroatoms. The summed E-state index contributed by atoms with van der Waals surface area (Å²) in [6, 6.07) is 0. The molecule has 4 nitrogen and oxygen atoms in total. The van der Waals surface area contributed by atoms with Crippen molar-refractivity contribution >= 4 is 5.97 Å². The van der Waals surface area contributed by atoms with Crippen molar-refractivity contribution in [3.8, 4) is 0 Å². The Kier molecular flexibility index (Phi) is 6.62. The van der Waals surface area contributed by atoms with Crippen LogP contribution in [0.25, 0.3) is 0 Å². The molecule has 0 aromatic carbocycles. The van der Waals surface area contributed by atoms with E-state index in [1.54, 1.807) is 6.92 Å². The van der Waals surface area contributed by atoms with E-state index in [1.165, 1.54) is 7.11 Å². The Hall–Kier alpha value is -1.19. The average Bonchev–Trinajstić information content (AvgIpc) is 2.18. The van der Waals surface area contributed by atoms with Gasteiger partial charge in [-0.25, -0.2) is 4.79 Å². The van der Waals surface area contributed by atoms with E-state index in [4.69, 9.17) is 4.74 Å². The minimum Gasteiger partial charge on any atom is -0.481 e. The number of carbonyl (C=O) groups excluding carboxylic acids is 1. The van der Waals surface area contributed by atoms with E-state index in [-0.39, 0.29) is 11.5 Å². The van der Waals surface area contributed by atoms with Gasteiger partial charge in [-0.2, -0.15) is 0 Å². The van der Waals surface area contributed by atoms with Gasteiger partial charge in [-0.05, 0) is 19.8 Å². The number of carbonyl (C=O) groups is 1. The lowest BCUT2D eigenvalue weighted by molar-refractivity contribution is -0.139. The summed E-state index contributed by atoms with van der Waals surface area (Å²) < 4.78 is 9.40. The lowest BCUT2D eigenvalue weighted by Crippen LogP contribution is -2.11. The largest absolute Gasteiger partial charge is 0.481 e. The normalized spacial score (nSPS) is 11.9. The van der Waals surface area contributed by atoms with Crippen LogP contribution in [0, 0.1) is 0 Å². The van der Waals surface area contributed by atoms with Crippen molar-refractivity contribution in [1.82, 2.24) is 0 Å². The van der Waals surface area contributed by atoms with E-state index < -0.39 is 5.97 Å². The van der Waals surface area contributed by atoms with Crippen LogP contribution in [0.2, 0.25) is 0 Å². The summed E-state index contributed by atoms with van der Waals surface area (Å²) in [7, 11) is 1.32. The van der Waals surface area contributed by atoms with Crippen molar-refractivity contribution in [1.29, 1.82) is 0 Å². The molecule has 0 bridgehead atoms. The monoisotopic (exact) mass is 202 g/mol. The molecule has 0 amide bonds. The summed E-state index contributed by atoms with van der Waals surface area (Å²) in [4.78, 5) is 11.3. The van der Waals surface area contributed by atoms with Crippen LogP contribution in [0.4, 0.5) is 0 Å². The Morgan fingerprint density at radius 2 is 2.00 bits per heavy atom. The first-order valence-corrected chi connectivity index (χ1v) is 4.80. The van der Waals surface area contributed by atoms with Gasteiger partial charge in [0.2, 0.25) is 0 Å². The van der Waals surface area contributed by atoms with E-state index >= 15 is 0 Å². The lowest BCUT2D eigenvalue weighted by Gasteiger charge is -2.07. The number of hydrogen-bond acceptors (Lipinski definition) is 4. The van der Waals surface area contributed by atoms with Gasteiger partial charge in [-0.3, -0.25) is 0 Å². The highest BCUT2D eigenvalue weighted by molar-refractivity contribution is 5.88. The van der Waals surface area contributed by atoms with Crippen molar-refractivity contribution in [2.24, 2.45) is 0 Å². The van der Waals surface area contributed by atoms with E-state index in [0.717, 1.165) is 12.8 Å². The molecule has 0 heterocycles. The standard InChI is InChI=1S/C10H18O4/c1-4-6-7-8(9(11)13-3)10(12)14-5-2/h11H,4-7H2,1-3H3. The number of unbranched alkanes of at least 4 members (excludes halogenated alkanes) is 1. The Morgan fingerprint density at radius 1 is 1.36 bits per heavy atom. The van der Waals surface area contributed by atoms with Crippen LogP contribution in [0.1, 0.15) is 33.1 Å². The van der Waals surface area contributed by atoms with Gasteiger partial charge in [0, 0.05) is 0 Å². The molecule has 0 spiro atoms. The van der Waals surface area contributed by atoms with Crippen LogP contribution in [-0.4, -0.2) is 24.8 Å². The Balaban J connectivity index is 4.47. The highest BCUT2D eigenvalue weighted by atomic mass is 16.6. The molecule has 14 heavy (non-hydrogen) atoms. The average molecular weight is 202 g/mol. The maximum atomic E-state index is 11.3. The molecule has 0 saturated heterocycles. The van der Waals surface area contributed by atoms with E-state index in [9.17, 15) is 9.90 Å². The third-order valence-corrected chi connectivity index (χ3v) is 1.75. The first-order chi connectivity index (χ1) is 6.67. The van der Waals surface area contributed by atoms with Crippen molar-refractivity contribution in [3.63, 3.8) is 0 Å². The summed E-state index contributed by atoms with van der Waals surface area (Å²) in [5, 5.41) is 9.30. The summed E-state index contributed by atoms with van der Waals surface area (Å²) in [6.45, 7) is 4.03. The molecule has 0 aliphatic rings. The van der Waals surface area contributed by atoms with Crippen molar-refractivity contribution in [2.45, 2.75) is 33.1 Å². The molecular weight excluding hydrogens is 184 g/mol. The van der Waals surface area contributed by atoms with Crippen molar-refractivity contribution in [2.75, 3.05) is 13.7 Å². The highest BCUT2D eigenvalue weighted by Crippen LogP contribution is 2.13. The maximum absolute atomic E-state index is 11.3. The van der Waals surface area contributed by atoms with Gasteiger partial charge in [0.15, 0.2) is 0 Å². The predicted molar refractivity (Wildman–Crippen MR) is 52.8 cm³/mol. The van der Waals surface area contributed by atoms with Gasteiger partial charge in [0.05, 0.1) is 13.7 Å². The third-order valence-electron chi connectivity index (χ3n) is 1.75. The smallest absolute Gasteiger partial charge is 0.341 e. The fourth-order valence-corrected chi connectivity index (χ4v) is 0.991. The van der Waals surface area contributed by atoms with Gasteiger partial charge in [-0.15, -0.1) is 0 Å². The zero-order chi connectivity index (χ0) is 11.0. The van der Waals surface area contributed by atoms with Gasteiger partial charge in [-0.1, -0.05) is 13.3 Å². The number of hydrogen-bond donors (Lipinski definition) is 1. The van der Waals surface area contributed by atoms with Gasteiger partial charge in [0.25, 0.3) is 5.95 Å². The molecule has 0 aliphatic heterocycles. The van der Waals surface area contributed by atoms with Crippen molar-refractivity contribution in [3.05, 3.63) is 11.5 Å². The Morgan fingerprint density at radius 3 is 2.43 bits per heavy atom. The lowest BCUT2D eigenvalue weighted by atomic mass is 10.1. The van der Waals surface area contributed by atoms with Crippen LogP contribution < -0.4 is 0 Å². The van der Waals surface area contributed by atoms with Crippen molar-refractivity contribution < 1.29 is 19.4 Å². The second-order valence-electron chi connectivity index (χ2n) is 2.81. The third kappa shape index (κ3) is 4.16. The Bertz CT molecular complexity index is 208. The molecule has 0 aromatic heterocycles. The molecule has 0 rings (SSSR count). The van der Waals surface area contributed by atoms with Gasteiger partial charge < -0.3 is 14.6 Å². The van der Waals surface area contributed by atoms with Crippen LogP contribution in [0.3, 0.4) is 0 Å². The summed E-state index contributed by atoms with van der Waals surface area (Å²) in [5.41, 5.74) is 0.219. The molecule has 0 atom stereocenters. The summed E-state index contributed by atoms with van der Waals surface area (Å²) in [5.74, 6) is -0.836. The minimum atomic E-state index is -0.500. The van der Waals surface area contributed by atoms with Gasteiger partial charge in [0.1, 0.15) is 5.57 Å². The number of ether oxygens (including phenoxy) is 2. The fraction of sp³-hybridized carbons (Fsp3) is 0.700. The summed E-state index contributed by atoms with van der Waals surface area (Å²) in [6.07, 6.45) is 2.25. The molecule has 1 N–H and O–H groups in total. The highest BCUT2D eigenvalue weighted by Gasteiger charge is 2.16. The number of aliphatic hydroxyl groups excluding tert-OH is 1. The number of esters is 1. The molecule has 0 fully saturated rings. The molecule has 0 unspecified atom stereocenters. The zero-order valence-corrected chi connectivity index (χ0v) is 9.00. The van der Waals surface area contributed by atoms with Crippen LogP contribution >= 0.6 is 0 Å². The molecule has 0 aliphatic carbocycles. The van der Waals surface area contributed by atoms with Crippen LogP contribution in [0.15, 0.2) is 11.5 Å². The van der Waals surface area contributed by atoms with Crippen LogP contribution in [-0.2, 0) is 14.3 Å². The molecular formula is C10H18O4. The molecule has 0 radical (unpaired) electrons. The number of rotatable bonds is 6. The van der Waals surface area contributed by atoms with E-state index in [1.807, 2.05) is 6.92 Å². The zero-order valence-electron chi connectivity index (χ0n) is 9.00. The van der Waals surface area contributed by atoms with E-state index in [2.05, 4.69) is 4.74 Å². The molecule has 0 aromatic rings. The summed E-state index contributed by atoms with van der Waals surface area (Å²) >= 11 is 0. The first-order valence-electron chi connectivity index (χ1n) is 4.80. The number of aliphatic hydroxyl groups is 1. The molecule has 82 valence electrons. The van der Waals surface area contributed by atoms with Crippen LogP contribution in [0.5, 0.6) is 0 Å². The second kappa shape index (κ2) is 7.24.